The second kappa shape index (κ2) is 4.05. The summed E-state index contributed by atoms with van der Waals surface area (Å²) >= 11 is 11.3. The fraction of sp³-hybridized carbons (Fsp3) is 0.0833. The minimum absolute atomic E-state index is 0.603. The molecule has 1 N–H and O–H groups in total. The Morgan fingerprint density at radius 1 is 1.35 bits per heavy atom. The third kappa shape index (κ3) is 1.90. The first-order chi connectivity index (χ1) is 8.24. The number of nitrogens with zero attached hydrogens (tertiary/aromatic N) is 1. The van der Waals surface area contributed by atoms with Gasteiger partial charge in [0.1, 0.15) is 5.76 Å². The molecule has 2 aromatic heterocycles. The van der Waals surface area contributed by atoms with Crippen LogP contribution in [0, 0.1) is 4.77 Å². The second-order valence-corrected chi connectivity index (χ2v) is 4.58. The van der Waals surface area contributed by atoms with Gasteiger partial charge in [-0.2, -0.15) is 0 Å². The summed E-state index contributed by atoms with van der Waals surface area (Å²) in [5.41, 5.74) is 1.96. The summed E-state index contributed by atoms with van der Waals surface area (Å²) in [6, 6.07) is 9.44. The average Bonchev–Trinajstić information content (AvgIpc) is 2.90. The normalized spacial score (nSPS) is 11.1. The largest absolute Gasteiger partial charge is 0.467 e. The van der Waals surface area contributed by atoms with Gasteiger partial charge in [0.2, 0.25) is 0 Å². The Morgan fingerprint density at radius 3 is 3.00 bits per heavy atom. The molecule has 5 heteroatoms. The molecule has 0 aliphatic rings. The van der Waals surface area contributed by atoms with E-state index in [-0.39, 0.29) is 0 Å². The predicted molar refractivity (Wildman–Crippen MR) is 69.9 cm³/mol. The number of hydrogen-bond acceptors (Lipinski definition) is 2. The summed E-state index contributed by atoms with van der Waals surface area (Å²) in [5.74, 6) is 0.863. The summed E-state index contributed by atoms with van der Waals surface area (Å²) in [6.07, 6.45) is 1.65. The third-order valence-corrected chi connectivity index (χ3v) is 3.19. The maximum atomic E-state index is 6.00. The van der Waals surface area contributed by atoms with Crippen molar-refractivity contribution in [2.24, 2.45) is 0 Å². The molecular weight excluding hydrogens is 256 g/mol. The molecule has 3 aromatic rings. The zero-order chi connectivity index (χ0) is 11.8. The van der Waals surface area contributed by atoms with Crippen LogP contribution in [0.5, 0.6) is 0 Å². The highest BCUT2D eigenvalue weighted by Crippen LogP contribution is 2.20. The topological polar surface area (TPSA) is 33.9 Å². The molecule has 86 valence electrons. The van der Waals surface area contributed by atoms with E-state index >= 15 is 0 Å². The van der Waals surface area contributed by atoms with Gasteiger partial charge in [-0.3, -0.25) is 0 Å². The van der Waals surface area contributed by atoms with E-state index in [4.69, 9.17) is 28.2 Å². The average molecular weight is 265 g/mol. The molecule has 0 spiro atoms. The van der Waals surface area contributed by atoms with Crippen LogP contribution < -0.4 is 0 Å². The van der Waals surface area contributed by atoms with Crippen LogP contribution in [0.3, 0.4) is 0 Å². The number of aromatic nitrogens is 2. The highest BCUT2D eigenvalue weighted by molar-refractivity contribution is 7.71. The van der Waals surface area contributed by atoms with E-state index < -0.39 is 0 Å². The van der Waals surface area contributed by atoms with E-state index in [1.807, 2.05) is 34.9 Å². The number of imidazole rings is 1. The van der Waals surface area contributed by atoms with Gasteiger partial charge >= 0.3 is 0 Å². The highest BCUT2D eigenvalue weighted by Gasteiger charge is 2.06. The molecule has 0 aliphatic heterocycles. The summed E-state index contributed by atoms with van der Waals surface area (Å²) in [6.45, 7) is 0.603. The number of hydrogen-bond donors (Lipinski definition) is 1. The van der Waals surface area contributed by atoms with Crippen LogP contribution in [0.1, 0.15) is 5.76 Å². The second-order valence-electron chi connectivity index (χ2n) is 3.76. The van der Waals surface area contributed by atoms with Crippen molar-refractivity contribution >= 4 is 34.9 Å². The Bertz CT molecular complexity index is 712. The van der Waals surface area contributed by atoms with E-state index in [2.05, 4.69) is 4.98 Å². The number of nitrogens with one attached hydrogen (secondary N) is 1. The lowest BCUT2D eigenvalue weighted by Gasteiger charge is -2.01. The van der Waals surface area contributed by atoms with Gasteiger partial charge in [0, 0.05) is 5.02 Å². The van der Waals surface area contributed by atoms with Crippen molar-refractivity contribution in [3.8, 4) is 0 Å². The Kier molecular flexibility index (Phi) is 2.53. The lowest BCUT2D eigenvalue weighted by Crippen LogP contribution is -1.98. The molecule has 0 saturated carbocycles. The molecule has 0 saturated heterocycles. The van der Waals surface area contributed by atoms with Crippen molar-refractivity contribution in [1.29, 1.82) is 0 Å². The summed E-state index contributed by atoms with van der Waals surface area (Å²) < 4.78 is 7.96. The monoisotopic (exact) mass is 264 g/mol. The van der Waals surface area contributed by atoms with Crippen LogP contribution in [0.25, 0.3) is 11.0 Å². The minimum atomic E-state index is 0.603. The first-order valence-electron chi connectivity index (χ1n) is 5.14. The van der Waals surface area contributed by atoms with Crippen molar-refractivity contribution < 1.29 is 4.42 Å². The molecule has 17 heavy (non-hydrogen) atoms. The minimum Gasteiger partial charge on any atom is -0.467 e. The molecule has 2 heterocycles. The molecule has 0 bridgehead atoms. The number of halogens is 1. The highest BCUT2D eigenvalue weighted by atomic mass is 35.5. The zero-order valence-corrected chi connectivity index (χ0v) is 10.4. The van der Waals surface area contributed by atoms with Crippen molar-refractivity contribution in [3.05, 3.63) is 52.1 Å². The fourth-order valence-electron chi connectivity index (χ4n) is 1.84. The molecule has 0 atom stereocenters. The number of rotatable bonds is 2. The Morgan fingerprint density at radius 2 is 2.24 bits per heavy atom. The van der Waals surface area contributed by atoms with E-state index in [0.717, 1.165) is 16.8 Å². The van der Waals surface area contributed by atoms with E-state index in [9.17, 15) is 0 Å². The van der Waals surface area contributed by atoms with Gasteiger partial charge in [-0.05, 0) is 42.5 Å². The van der Waals surface area contributed by atoms with Gasteiger partial charge in [0.25, 0.3) is 0 Å². The molecule has 1 aromatic carbocycles. The summed E-state index contributed by atoms with van der Waals surface area (Å²) in [4.78, 5) is 3.14. The SMILES string of the molecule is S=c1[nH]c2ccc(Cl)cc2n1Cc1ccco1. The van der Waals surface area contributed by atoms with Crippen LogP contribution in [-0.4, -0.2) is 9.55 Å². The standard InChI is InChI=1S/C12H9ClN2OS/c13-8-3-4-10-11(6-8)15(12(17)14-10)7-9-2-1-5-16-9/h1-6H,7H2,(H,14,17). The van der Waals surface area contributed by atoms with Gasteiger partial charge in [0.15, 0.2) is 4.77 Å². The zero-order valence-electron chi connectivity index (χ0n) is 8.81. The molecule has 0 unspecified atom stereocenters. The Labute approximate surface area is 108 Å². The first-order valence-corrected chi connectivity index (χ1v) is 5.93. The smallest absolute Gasteiger partial charge is 0.178 e. The number of fused-ring (bicyclic) bond motifs is 1. The lowest BCUT2D eigenvalue weighted by molar-refractivity contribution is 0.495. The van der Waals surface area contributed by atoms with Crippen LogP contribution >= 0.6 is 23.8 Å². The number of benzene rings is 1. The Hall–Kier alpha value is -1.52. The van der Waals surface area contributed by atoms with Crippen molar-refractivity contribution in [2.75, 3.05) is 0 Å². The first kappa shape index (κ1) is 10.6. The van der Waals surface area contributed by atoms with Gasteiger partial charge in [-0.1, -0.05) is 11.6 Å². The maximum Gasteiger partial charge on any atom is 0.178 e. The molecule has 3 nitrogen and oxygen atoms in total. The van der Waals surface area contributed by atoms with E-state index in [0.29, 0.717) is 16.3 Å². The van der Waals surface area contributed by atoms with Crippen molar-refractivity contribution in [1.82, 2.24) is 9.55 Å². The molecule has 3 rings (SSSR count). The predicted octanol–water partition coefficient (Wildman–Crippen LogP) is 3.99. The Balaban J connectivity index is 2.17. The quantitative estimate of drug-likeness (QED) is 0.710. The van der Waals surface area contributed by atoms with E-state index in [1.165, 1.54) is 0 Å². The molecule has 0 amide bonds. The third-order valence-electron chi connectivity index (χ3n) is 2.63. The van der Waals surface area contributed by atoms with Gasteiger partial charge in [-0.25, -0.2) is 0 Å². The molecular formula is C12H9ClN2OS. The number of aromatic amines is 1. The van der Waals surface area contributed by atoms with Gasteiger partial charge < -0.3 is 14.0 Å². The molecule has 0 fully saturated rings. The molecule has 0 radical (unpaired) electrons. The van der Waals surface area contributed by atoms with Crippen LogP contribution in [0.15, 0.2) is 41.0 Å². The maximum absolute atomic E-state index is 6.00. The van der Waals surface area contributed by atoms with E-state index in [1.54, 1.807) is 6.26 Å². The van der Waals surface area contributed by atoms with Crippen LogP contribution in [0.2, 0.25) is 5.02 Å². The number of H-pyrrole nitrogens is 1. The van der Waals surface area contributed by atoms with Gasteiger partial charge in [0.05, 0.1) is 23.8 Å². The summed E-state index contributed by atoms with van der Waals surface area (Å²) in [7, 11) is 0. The lowest BCUT2D eigenvalue weighted by atomic mass is 10.3. The van der Waals surface area contributed by atoms with Gasteiger partial charge in [-0.15, -0.1) is 0 Å². The fourth-order valence-corrected chi connectivity index (χ4v) is 2.28. The number of furan rings is 1. The van der Waals surface area contributed by atoms with Crippen molar-refractivity contribution in [2.45, 2.75) is 6.54 Å². The van der Waals surface area contributed by atoms with Crippen LogP contribution in [-0.2, 0) is 6.54 Å². The molecule has 0 aliphatic carbocycles. The summed E-state index contributed by atoms with van der Waals surface area (Å²) in [5, 5.41) is 0.694. The van der Waals surface area contributed by atoms with Crippen LogP contribution in [0.4, 0.5) is 0 Å². The van der Waals surface area contributed by atoms with Crippen molar-refractivity contribution in [3.63, 3.8) is 0 Å².